The summed E-state index contributed by atoms with van der Waals surface area (Å²) in [6, 6.07) is 10.5. The molecule has 1 aromatic carbocycles. The lowest BCUT2D eigenvalue weighted by Crippen LogP contribution is -2.38. The van der Waals surface area contributed by atoms with Gasteiger partial charge in [-0.1, -0.05) is 42.1 Å². The summed E-state index contributed by atoms with van der Waals surface area (Å²) in [6.07, 6.45) is 1.93. The van der Waals surface area contributed by atoms with Crippen LogP contribution in [0.3, 0.4) is 0 Å². The summed E-state index contributed by atoms with van der Waals surface area (Å²) in [6.45, 7) is 9.79. The van der Waals surface area contributed by atoms with Crippen LogP contribution in [0.5, 0.6) is 0 Å². The number of allylic oxidation sites excluding steroid dienone is 2. The molecule has 0 N–H and O–H groups in total. The Kier molecular flexibility index (Phi) is 4.25. The molecule has 0 amide bonds. The van der Waals surface area contributed by atoms with Crippen LogP contribution in [0.4, 0.5) is 0 Å². The lowest BCUT2D eigenvalue weighted by atomic mass is 9.81. The van der Waals surface area contributed by atoms with Crippen LogP contribution in [0.15, 0.2) is 57.9 Å². The summed E-state index contributed by atoms with van der Waals surface area (Å²) in [5, 5.41) is 0. The molecule has 1 aliphatic carbocycles. The summed E-state index contributed by atoms with van der Waals surface area (Å²) in [5.74, 6) is -0.0862. The molecular formula is C18H22O2S. The molecule has 1 heterocycles. The fourth-order valence-corrected chi connectivity index (χ4v) is 4.20. The molecule has 3 heteroatoms. The highest BCUT2D eigenvalue weighted by Crippen LogP contribution is 2.48. The molecule has 1 aliphatic heterocycles. The average molecular weight is 302 g/mol. The zero-order chi connectivity index (χ0) is 14.9. The van der Waals surface area contributed by atoms with Crippen molar-refractivity contribution in [1.82, 2.24) is 0 Å². The predicted molar refractivity (Wildman–Crippen MR) is 87.2 cm³/mol. The molecule has 0 aromatic heterocycles. The van der Waals surface area contributed by atoms with Crippen LogP contribution in [0.2, 0.25) is 0 Å². The lowest BCUT2D eigenvalue weighted by molar-refractivity contribution is -0.141. The molecule has 0 saturated carbocycles. The highest BCUT2D eigenvalue weighted by molar-refractivity contribution is 8.03. The zero-order valence-corrected chi connectivity index (χ0v) is 13.5. The molecule has 3 rings (SSSR count). The first-order valence-electron chi connectivity index (χ1n) is 7.47. The molecule has 0 unspecified atom stereocenters. The number of thioether (sulfide) groups is 1. The molecular weight excluding hydrogens is 280 g/mol. The Labute approximate surface area is 131 Å². The van der Waals surface area contributed by atoms with Crippen LogP contribution < -0.4 is 0 Å². The monoisotopic (exact) mass is 302 g/mol. The van der Waals surface area contributed by atoms with Gasteiger partial charge in [0, 0.05) is 11.3 Å². The van der Waals surface area contributed by atoms with E-state index >= 15 is 0 Å². The molecule has 21 heavy (non-hydrogen) atoms. The van der Waals surface area contributed by atoms with Gasteiger partial charge in [-0.3, -0.25) is 0 Å². The first-order chi connectivity index (χ1) is 10.1. The highest BCUT2D eigenvalue weighted by Gasteiger charge is 2.45. The van der Waals surface area contributed by atoms with Crippen LogP contribution in [0.25, 0.3) is 0 Å². The van der Waals surface area contributed by atoms with E-state index in [0.29, 0.717) is 19.1 Å². The third-order valence-corrected chi connectivity index (χ3v) is 5.60. The number of hydrogen-bond acceptors (Lipinski definition) is 3. The number of ether oxygens (including phenoxy) is 2. The summed E-state index contributed by atoms with van der Waals surface area (Å²) >= 11 is 1.83. The van der Waals surface area contributed by atoms with Gasteiger partial charge in [-0.05, 0) is 48.8 Å². The largest absolute Gasteiger partial charge is 0.344 e. The highest BCUT2D eigenvalue weighted by atomic mass is 32.2. The van der Waals surface area contributed by atoms with Gasteiger partial charge in [0.1, 0.15) is 0 Å². The van der Waals surface area contributed by atoms with Crippen molar-refractivity contribution in [3.05, 3.63) is 53.0 Å². The van der Waals surface area contributed by atoms with Crippen molar-refractivity contribution < 1.29 is 9.47 Å². The number of rotatable bonds is 3. The van der Waals surface area contributed by atoms with Gasteiger partial charge in [0.2, 0.25) is 0 Å². The lowest BCUT2D eigenvalue weighted by Gasteiger charge is -2.39. The van der Waals surface area contributed by atoms with Crippen molar-refractivity contribution in [2.75, 3.05) is 13.2 Å². The maximum absolute atomic E-state index is 6.01. The van der Waals surface area contributed by atoms with E-state index in [2.05, 4.69) is 44.7 Å². The van der Waals surface area contributed by atoms with Crippen LogP contribution in [0.1, 0.15) is 26.7 Å². The van der Waals surface area contributed by atoms with E-state index in [9.17, 15) is 0 Å². The van der Waals surface area contributed by atoms with Gasteiger partial charge in [0.15, 0.2) is 5.79 Å². The third kappa shape index (κ3) is 2.96. The van der Waals surface area contributed by atoms with E-state index in [-0.39, 0.29) is 0 Å². The fraction of sp³-hybridized carbons (Fsp3) is 0.444. The van der Waals surface area contributed by atoms with Crippen molar-refractivity contribution in [2.24, 2.45) is 5.92 Å². The van der Waals surface area contributed by atoms with Crippen LogP contribution in [-0.4, -0.2) is 19.0 Å². The number of benzene rings is 1. The Morgan fingerprint density at radius 1 is 1.24 bits per heavy atom. The molecule has 0 radical (unpaired) electrons. The van der Waals surface area contributed by atoms with Crippen molar-refractivity contribution in [3.8, 4) is 0 Å². The SMILES string of the molecule is C=C(C)[C@@H]1CC(Sc2ccccc2)=C(C)C2(C1)OCCO2. The Morgan fingerprint density at radius 2 is 1.90 bits per heavy atom. The predicted octanol–water partition coefficient (Wildman–Crippen LogP) is 4.78. The Balaban J connectivity index is 1.93. The van der Waals surface area contributed by atoms with E-state index in [1.807, 2.05) is 17.8 Å². The van der Waals surface area contributed by atoms with E-state index < -0.39 is 5.79 Å². The smallest absolute Gasteiger partial charge is 0.192 e. The first kappa shape index (κ1) is 14.9. The van der Waals surface area contributed by atoms with Crippen molar-refractivity contribution in [1.29, 1.82) is 0 Å². The second-order valence-corrected chi connectivity index (χ2v) is 7.03. The summed E-state index contributed by atoms with van der Waals surface area (Å²) in [4.78, 5) is 2.63. The van der Waals surface area contributed by atoms with Gasteiger partial charge in [-0.25, -0.2) is 0 Å². The second kappa shape index (κ2) is 5.99. The van der Waals surface area contributed by atoms with Gasteiger partial charge in [-0.2, -0.15) is 0 Å². The minimum Gasteiger partial charge on any atom is -0.344 e. The van der Waals surface area contributed by atoms with E-state index in [4.69, 9.17) is 9.47 Å². The molecule has 0 bridgehead atoms. The summed E-state index contributed by atoms with van der Waals surface area (Å²) < 4.78 is 12.0. The van der Waals surface area contributed by atoms with Gasteiger partial charge in [0.25, 0.3) is 0 Å². The third-order valence-electron chi connectivity index (χ3n) is 4.37. The minimum atomic E-state index is -0.515. The summed E-state index contributed by atoms with van der Waals surface area (Å²) in [7, 11) is 0. The molecule has 1 saturated heterocycles. The molecule has 1 atom stereocenters. The van der Waals surface area contributed by atoms with Crippen molar-refractivity contribution in [3.63, 3.8) is 0 Å². The topological polar surface area (TPSA) is 18.5 Å². The van der Waals surface area contributed by atoms with Crippen molar-refractivity contribution in [2.45, 2.75) is 37.4 Å². The van der Waals surface area contributed by atoms with Crippen LogP contribution in [-0.2, 0) is 9.47 Å². The second-order valence-electron chi connectivity index (χ2n) is 5.86. The zero-order valence-electron chi connectivity index (χ0n) is 12.7. The Hall–Kier alpha value is -1.03. The van der Waals surface area contributed by atoms with Gasteiger partial charge >= 0.3 is 0 Å². The van der Waals surface area contributed by atoms with Crippen LogP contribution >= 0.6 is 11.8 Å². The molecule has 2 aliphatic rings. The molecule has 1 fully saturated rings. The first-order valence-corrected chi connectivity index (χ1v) is 8.29. The fourth-order valence-electron chi connectivity index (χ4n) is 3.03. The summed E-state index contributed by atoms with van der Waals surface area (Å²) in [5.41, 5.74) is 2.46. The molecule has 1 spiro atoms. The standard InChI is InChI=1S/C18H22O2S/c1-13(2)15-11-17(21-16-7-5-4-6-8-16)14(3)18(12-15)19-9-10-20-18/h4-8,15H,1,9-12H2,2-3H3/t15-/m1/s1. The van der Waals surface area contributed by atoms with Gasteiger partial charge in [0.05, 0.1) is 13.2 Å². The van der Waals surface area contributed by atoms with E-state index in [0.717, 1.165) is 12.8 Å². The maximum atomic E-state index is 6.01. The van der Waals surface area contributed by atoms with Gasteiger partial charge < -0.3 is 9.47 Å². The average Bonchev–Trinajstić information content (AvgIpc) is 2.94. The Morgan fingerprint density at radius 3 is 2.52 bits per heavy atom. The maximum Gasteiger partial charge on any atom is 0.192 e. The Bertz CT molecular complexity index is 556. The number of hydrogen-bond donors (Lipinski definition) is 0. The normalized spacial score (nSPS) is 24.6. The van der Waals surface area contributed by atoms with Crippen LogP contribution in [0, 0.1) is 5.92 Å². The van der Waals surface area contributed by atoms with E-state index in [1.165, 1.54) is 20.9 Å². The molecule has 2 nitrogen and oxygen atoms in total. The van der Waals surface area contributed by atoms with Gasteiger partial charge in [-0.15, -0.1) is 0 Å². The molecule has 112 valence electrons. The quantitative estimate of drug-likeness (QED) is 0.748. The minimum absolute atomic E-state index is 0.429. The van der Waals surface area contributed by atoms with E-state index in [1.54, 1.807) is 0 Å². The molecule has 1 aromatic rings. The van der Waals surface area contributed by atoms with Crippen molar-refractivity contribution >= 4 is 11.8 Å².